The van der Waals surface area contributed by atoms with Gasteiger partial charge in [0, 0.05) is 26.0 Å². The molecule has 3 heterocycles. The minimum atomic E-state index is -0.521. The van der Waals surface area contributed by atoms with Gasteiger partial charge in [-0.1, -0.05) is 0 Å². The van der Waals surface area contributed by atoms with E-state index in [1.807, 2.05) is 32.9 Å². The number of rotatable bonds is 3. The molecule has 7 nitrogen and oxygen atoms in total. The lowest BCUT2D eigenvalue weighted by Crippen LogP contribution is -2.49. The van der Waals surface area contributed by atoms with E-state index in [0.717, 1.165) is 12.0 Å². The minimum absolute atomic E-state index is 0.0241. The standard InChI is InChI=1S/C20H23NO6/c1-10-13(25-15-9-8-14(23-5)20(3,4)27-15)7-6-12-17(10)26-19(22)16-18(12)24-11(2)21-16/h6-7,14-15H,8-9H2,1-5H3. The zero-order valence-electron chi connectivity index (χ0n) is 16.1. The van der Waals surface area contributed by atoms with Crippen molar-refractivity contribution in [3.05, 3.63) is 34.0 Å². The molecule has 4 rings (SSSR count). The second-order valence-electron chi connectivity index (χ2n) is 7.44. The van der Waals surface area contributed by atoms with E-state index in [1.165, 1.54) is 0 Å². The van der Waals surface area contributed by atoms with Crippen molar-refractivity contribution in [2.45, 2.75) is 58.5 Å². The summed E-state index contributed by atoms with van der Waals surface area (Å²) < 4.78 is 28.8. The first-order chi connectivity index (χ1) is 12.8. The topological polar surface area (TPSA) is 83.9 Å². The summed E-state index contributed by atoms with van der Waals surface area (Å²) in [5, 5.41) is 0.694. The molecule has 27 heavy (non-hydrogen) atoms. The van der Waals surface area contributed by atoms with E-state index in [4.69, 9.17) is 23.0 Å². The van der Waals surface area contributed by atoms with Crippen LogP contribution in [0.5, 0.6) is 5.75 Å². The molecule has 0 bridgehead atoms. The van der Waals surface area contributed by atoms with Gasteiger partial charge in [-0.3, -0.25) is 0 Å². The van der Waals surface area contributed by atoms with E-state index in [-0.39, 0.29) is 11.6 Å². The monoisotopic (exact) mass is 373 g/mol. The molecule has 1 fully saturated rings. The fourth-order valence-corrected chi connectivity index (χ4v) is 3.74. The SMILES string of the molecule is COC1CCC(Oc2ccc3c(oc(=O)c4nc(C)oc43)c2C)OC1(C)C. The normalized spacial score (nSPS) is 22.4. The molecule has 2 unspecified atom stereocenters. The summed E-state index contributed by atoms with van der Waals surface area (Å²) in [5.74, 6) is 1.03. The predicted octanol–water partition coefficient (Wildman–Crippen LogP) is 3.86. The van der Waals surface area contributed by atoms with Gasteiger partial charge >= 0.3 is 5.63 Å². The second kappa shape index (κ2) is 6.35. The number of benzene rings is 1. The minimum Gasteiger partial charge on any atom is -0.465 e. The summed E-state index contributed by atoms with van der Waals surface area (Å²) >= 11 is 0. The predicted molar refractivity (Wildman–Crippen MR) is 99.1 cm³/mol. The van der Waals surface area contributed by atoms with Gasteiger partial charge in [-0.25, -0.2) is 9.78 Å². The Bertz CT molecular complexity index is 1060. The van der Waals surface area contributed by atoms with Gasteiger partial charge in [0.25, 0.3) is 0 Å². The first-order valence-corrected chi connectivity index (χ1v) is 9.01. The van der Waals surface area contributed by atoms with E-state index >= 15 is 0 Å². The highest BCUT2D eigenvalue weighted by Gasteiger charge is 2.39. The Kier molecular flexibility index (Phi) is 4.24. The second-order valence-corrected chi connectivity index (χ2v) is 7.44. The first-order valence-electron chi connectivity index (χ1n) is 9.01. The van der Waals surface area contributed by atoms with Gasteiger partial charge in [-0.15, -0.1) is 0 Å². The van der Waals surface area contributed by atoms with Crippen LogP contribution >= 0.6 is 0 Å². The summed E-state index contributed by atoms with van der Waals surface area (Å²) in [5.41, 5.74) is 0.829. The molecule has 1 aliphatic heterocycles. The number of nitrogens with zero attached hydrogens (tertiary/aromatic N) is 1. The molecule has 2 atom stereocenters. The molecule has 2 aromatic heterocycles. The Hall–Kier alpha value is -2.38. The van der Waals surface area contributed by atoms with Crippen molar-refractivity contribution in [1.82, 2.24) is 4.98 Å². The maximum Gasteiger partial charge on any atom is 0.366 e. The fourth-order valence-electron chi connectivity index (χ4n) is 3.74. The number of hydrogen-bond donors (Lipinski definition) is 0. The molecule has 0 radical (unpaired) electrons. The van der Waals surface area contributed by atoms with Crippen molar-refractivity contribution in [3.63, 3.8) is 0 Å². The van der Waals surface area contributed by atoms with Crippen LogP contribution in [0, 0.1) is 13.8 Å². The summed E-state index contributed by atoms with van der Waals surface area (Å²) in [6, 6.07) is 3.66. The Labute approximate surface area is 156 Å². The van der Waals surface area contributed by atoms with Crippen LogP contribution in [0.15, 0.2) is 25.8 Å². The zero-order chi connectivity index (χ0) is 19.3. The average molecular weight is 373 g/mol. The van der Waals surface area contributed by atoms with Crippen molar-refractivity contribution < 1.29 is 23.0 Å². The van der Waals surface area contributed by atoms with Crippen LogP contribution in [0.2, 0.25) is 0 Å². The number of ether oxygens (including phenoxy) is 3. The number of oxazole rings is 1. The average Bonchev–Trinajstić information content (AvgIpc) is 3.00. The molecule has 0 aliphatic carbocycles. The van der Waals surface area contributed by atoms with Gasteiger partial charge in [0.05, 0.1) is 17.1 Å². The summed E-state index contributed by atoms with van der Waals surface area (Å²) in [7, 11) is 1.69. The summed E-state index contributed by atoms with van der Waals surface area (Å²) in [6.07, 6.45) is 1.18. The van der Waals surface area contributed by atoms with Crippen LogP contribution in [-0.2, 0) is 9.47 Å². The lowest BCUT2D eigenvalue weighted by molar-refractivity contribution is -0.233. The fraction of sp³-hybridized carbons (Fsp3) is 0.500. The van der Waals surface area contributed by atoms with Crippen molar-refractivity contribution in [3.8, 4) is 5.75 Å². The highest BCUT2D eigenvalue weighted by atomic mass is 16.7. The Morgan fingerprint density at radius 1 is 1.15 bits per heavy atom. The van der Waals surface area contributed by atoms with Crippen molar-refractivity contribution in [1.29, 1.82) is 0 Å². The van der Waals surface area contributed by atoms with Crippen LogP contribution in [0.1, 0.15) is 38.1 Å². The highest BCUT2D eigenvalue weighted by Crippen LogP contribution is 2.35. The van der Waals surface area contributed by atoms with Crippen molar-refractivity contribution in [2.75, 3.05) is 7.11 Å². The van der Waals surface area contributed by atoms with Gasteiger partial charge in [0.2, 0.25) is 6.29 Å². The van der Waals surface area contributed by atoms with Crippen LogP contribution in [0.4, 0.5) is 0 Å². The molecule has 0 N–H and O–H groups in total. The Balaban J connectivity index is 1.70. The molecule has 7 heteroatoms. The largest absolute Gasteiger partial charge is 0.465 e. The van der Waals surface area contributed by atoms with E-state index in [1.54, 1.807) is 14.0 Å². The number of aromatic nitrogens is 1. The number of hydrogen-bond acceptors (Lipinski definition) is 7. The van der Waals surface area contributed by atoms with Crippen molar-refractivity contribution >= 4 is 22.1 Å². The van der Waals surface area contributed by atoms with Gasteiger partial charge in [-0.2, -0.15) is 0 Å². The zero-order valence-corrected chi connectivity index (χ0v) is 16.1. The smallest absolute Gasteiger partial charge is 0.366 e. The molecule has 3 aromatic rings. The molecule has 1 aliphatic rings. The van der Waals surface area contributed by atoms with Crippen LogP contribution in [0.25, 0.3) is 22.1 Å². The summed E-state index contributed by atoms with van der Waals surface area (Å²) in [4.78, 5) is 16.3. The summed E-state index contributed by atoms with van der Waals surface area (Å²) in [6.45, 7) is 7.53. The molecular formula is C20H23NO6. The van der Waals surface area contributed by atoms with E-state index < -0.39 is 17.5 Å². The Morgan fingerprint density at radius 2 is 1.93 bits per heavy atom. The molecule has 144 valence electrons. The molecule has 1 aromatic carbocycles. The first kappa shape index (κ1) is 18.0. The van der Waals surface area contributed by atoms with Crippen LogP contribution in [0.3, 0.4) is 0 Å². The maximum atomic E-state index is 12.2. The third-order valence-corrected chi connectivity index (χ3v) is 5.14. The number of aryl methyl sites for hydroxylation is 2. The van der Waals surface area contributed by atoms with E-state index in [9.17, 15) is 4.79 Å². The number of fused-ring (bicyclic) bond motifs is 3. The molecule has 0 saturated carbocycles. The Morgan fingerprint density at radius 3 is 2.63 bits per heavy atom. The van der Waals surface area contributed by atoms with Gasteiger partial charge in [0.15, 0.2) is 17.0 Å². The van der Waals surface area contributed by atoms with Crippen molar-refractivity contribution in [2.24, 2.45) is 0 Å². The highest BCUT2D eigenvalue weighted by molar-refractivity contribution is 6.00. The third kappa shape index (κ3) is 3.00. The van der Waals surface area contributed by atoms with E-state index in [2.05, 4.69) is 4.98 Å². The van der Waals surface area contributed by atoms with Crippen LogP contribution < -0.4 is 10.4 Å². The van der Waals surface area contributed by atoms with Gasteiger partial charge < -0.3 is 23.0 Å². The molecule has 0 amide bonds. The lowest BCUT2D eigenvalue weighted by Gasteiger charge is -2.41. The van der Waals surface area contributed by atoms with E-state index in [0.29, 0.717) is 34.6 Å². The maximum absolute atomic E-state index is 12.2. The van der Waals surface area contributed by atoms with Crippen LogP contribution in [-0.4, -0.2) is 30.1 Å². The molecule has 0 spiro atoms. The lowest BCUT2D eigenvalue weighted by atomic mass is 9.94. The van der Waals surface area contributed by atoms with Gasteiger partial charge in [0.1, 0.15) is 11.3 Å². The third-order valence-electron chi connectivity index (χ3n) is 5.14. The number of methoxy groups -OCH3 is 1. The van der Waals surface area contributed by atoms with Gasteiger partial charge in [-0.05, 0) is 39.3 Å². The molecular weight excluding hydrogens is 350 g/mol. The molecule has 1 saturated heterocycles. The quantitative estimate of drug-likeness (QED) is 0.645.